The number of ketones is 1. The summed E-state index contributed by atoms with van der Waals surface area (Å²) in [4.78, 5) is 33.9. The highest BCUT2D eigenvalue weighted by Gasteiger charge is 2.46. The maximum atomic E-state index is 11.6. The van der Waals surface area contributed by atoms with Gasteiger partial charge in [0, 0.05) is 18.8 Å². The molecule has 2 rings (SSSR count). The molecule has 1 aliphatic carbocycles. The van der Waals surface area contributed by atoms with Crippen molar-refractivity contribution in [2.24, 2.45) is 11.8 Å². The Morgan fingerprint density at radius 3 is 2.44 bits per heavy atom. The van der Waals surface area contributed by atoms with Gasteiger partial charge in [-0.2, -0.15) is 0 Å². The molecule has 0 aliphatic heterocycles. The van der Waals surface area contributed by atoms with E-state index in [9.17, 15) is 19.5 Å². The molecule has 1 aromatic heterocycles. The minimum atomic E-state index is -1.26. The van der Waals surface area contributed by atoms with Gasteiger partial charge >= 0.3 is 11.9 Å². The second-order valence-electron chi connectivity index (χ2n) is 4.38. The SMILES string of the molecule is O=C1C[C@@H](C(=O)O)[C@@H](C(=O)O)[C@H](c2ccco2)C1. The maximum Gasteiger partial charge on any atom is 0.308 e. The Hall–Kier alpha value is -2.11. The van der Waals surface area contributed by atoms with Crippen LogP contribution in [0, 0.1) is 11.8 Å². The van der Waals surface area contributed by atoms with E-state index in [4.69, 9.17) is 9.52 Å². The first kappa shape index (κ1) is 12.3. The van der Waals surface area contributed by atoms with Crippen LogP contribution in [0.5, 0.6) is 0 Å². The molecule has 18 heavy (non-hydrogen) atoms. The molecule has 0 aromatic carbocycles. The van der Waals surface area contributed by atoms with Crippen LogP contribution in [0.3, 0.4) is 0 Å². The Balaban J connectivity index is 2.38. The molecular formula is C12H12O6. The highest BCUT2D eigenvalue weighted by molar-refractivity contribution is 5.90. The number of aliphatic carboxylic acids is 2. The van der Waals surface area contributed by atoms with Gasteiger partial charge in [-0.15, -0.1) is 0 Å². The maximum absolute atomic E-state index is 11.6. The zero-order valence-electron chi connectivity index (χ0n) is 9.41. The molecule has 2 N–H and O–H groups in total. The van der Waals surface area contributed by atoms with Crippen LogP contribution in [0.4, 0.5) is 0 Å². The third kappa shape index (κ3) is 2.13. The van der Waals surface area contributed by atoms with Crippen LogP contribution in [-0.2, 0) is 14.4 Å². The average Bonchev–Trinajstić information content (AvgIpc) is 2.80. The number of Topliss-reactive ketones (excluding diaryl/α,β-unsaturated/α-hetero) is 1. The zero-order valence-corrected chi connectivity index (χ0v) is 9.41. The molecule has 0 radical (unpaired) electrons. The summed E-state index contributed by atoms with van der Waals surface area (Å²) < 4.78 is 5.12. The standard InChI is InChI=1S/C12H12O6/c13-6-4-7(9-2-1-3-18-9)10(12(16)17)8(5-6)11(14)15/h1-3,7-8,10H,4-5H2,(H,14,15)(H,16,17)/t7-,8+,10-/m0/s1. The van der Waals surface area contributed by atoms with Crippen molar-refractivity contribution in [1.82, 2.24) is 0 Å². The molecule has 0 unspecified atom stereocenters. The van der Waals surface area contributed by atoms with Crippen LogP contribution in [0.15, 0.2) is 22.8 Å². The van der Waals surface area contributed by atoms with Crippen LogP contribution in [0.1, 0.15) is 24.5 Å². The molecule has 1 saturated carbocycles. The van der Waals surface area contributed by atoms with E-state index in [0.29, 0.717) is 5.76 Å². The smallest absolute Gasteiger partial charge is 0.308 e. The fourth-order valence-corrected chi connectivity index (χ4v) is 2.47. The van der Waals surface area contributed by atoms with Crippen molar-refractivity contribution in [3.8, 4) is 0 Å². The highest BCUT2D eigenvalue weighted by Crippen LogP contribution is 2.40. The quantitative estimate of drug-likeness (QED) is 0.835. The van der Waals surface area contributed by atoms with E-state index in [2.05, 4.69) is 0 Å². The molecule has 6 heteroatoms. The summed E-state index contributed by atoms with van der Waals surface area (Å²) in [5.74, 6) is -5.41. The second-order valence-corrected chi connectivity index (χ2v) is 4.38. The second kappa shape index (κ2) is 4.64. The van der Waals surface area contributed by atoms with Gasteiger partial charge in [-0.05, 0) is 12.1 Å². The number of hydrogen-bond acceptors (Lipinski definition) is 4. The predicted molar refractivity (Wildman–Crippen MR) is 57.9 cm³/mol. The van der Waals surface area contributed by atoms with Gasteiger partial charge in [-0.3, -0.25) is 14.4 Å². The molecule has 1 fully saturated rings. The largest absolute Gasteiger partial charge is 0.481 e. The van der Waals surface area contributed by atoms with Gasteiger partial charge in [-0.25, -0.2) is 0 Å². The number of carboxylic acids is 2. The molecule has 3 atom stereocenters. The van der Waals surface area contributed by atoms with Crippen LogP contribution in [-0.4, -0.2) is 27.9 Å². The van der Waals surface area contributed by atoms with Gasteiger partial charge in [0.15, 0.2) is 0 Å². The van der Waals surface area contributed by atoms with Gasteiger partial charge in [0.05, 0.1) is 18.1 Å². The molecule has 1 heterocycles. The van der Waals surface area contributed by atoms with Crippen molar-refractivity contribution in [2.45, 2.75) is 18.8 Å². The van der Waals surface area contributed by atoms with Crippen molar-refractivity contribution in [3.63, 3.8) is 0 Å². The fraction of sp³-hybridized carbons (Fsp3) is 0.417. The molecule has 0 bridgehead atoms. The van der Waals surface area contributed by atoms with E-state index in [1.54, 1.807) is 12.1 Å². The number of furan rings is 1. The topological polar surface area (TPSA) is 105 Å². The van der Waals surface area contributed by atoms with E-state index in [-0.39, 0.29) is 18.6 Å². The monoisotopic (exact) mass is 252 g/mol. The summed E-state index contributed by atoms with van der Waals surface area (Å²) in [6, 6.07) is 3.15. The molecule has 0 spiro atoms. The van der Waals surface area contributed by atoms with Crippen LogP contribution >= 0.6 is 0 Å². The van der Waals surface area contributed by atoms with E-state index < -0.39 is 29.7 Å². The third-order valence-electron chi connectivity index (χ3n) is 3.27. The average molecular weight is 252 g/mol. The Labute approximate surface area is 102 Å². The summed E-state index contributed by atoms with van der Waals surface area (Å²) in [5, 5.41) is 18.2. The Morgan fingerprint density at radius 1 is 1.22 bits per heavy atom. The minimum absolute atomic E-state index is 0.00819. The lowest BCUT2D eigenvalue weighted by Gasteiger charge is -2.31. The van der Waals surface area contributed by atoms with Crippen molar-refractivity contribution in [3.05, 3.63) is 24.2 Å². The van der Waals surface area contributed by atoms with Gasteiger partial charge < -0.3 is 14.6 Å². The Morgan fingerprint density at radius 2 is 1.94 bits per heavy atom. The molecule has 96 valence electrons. The summed E-state index contributed by atoms with van der Waals surface area (Å²) in [6.07, 6.45) is 1.15. The van der Waals surface area contributed by atoms with E-state index >= 15 is 0 Å². The first-order chi connectivity index (χ1) is 8.50. The van der Waals surface area contributed by atoms with Gasteiger partial charge in [0.25, 0.3) is 0 Å². The number of carbonyl (C=O) groups excluding carboxylic acids is 1. The number of carboxylic acid groups (broad SMARTS) is 2. The third-order valence-corrected chi connectivity index (χ3v) is 3.27. The van der Waals surface area contributed by atoms with E-state index in [0.717, 1.165) is 0 Å². The lowest BCUT2D eigenvalue weighted by molar-refractivity contribution is -0.158. The lowest BCUT2D eigenvalue weighted by atomic mass is 9.70. The predicted octanol–water partition coefficient (Wildman–Crippen LogP) is 1.13. The van der Waals surface area contributed by atoms with Gasteiger partial charge in [0.2, 0.25) is 0 Å². The zero-order chi connectivity index (χ0) is 13.3. The molecular weight excluding hydrogens is 240 g/mol. The normalized spacial score (nSPS) is 28.0. The summed E-state index contributed by atoms with van der Waals surface area (Å²) in [7, 11) is 0. The van der Waals surface area contributed by atoms with Crippen molar-refractivity contribution in [2.75, 3.05) is 0 Å². The number of hydrogen-bond donors (Lipinski definition) is 2. The highest BCUT2D eigenvalue weighted by atomic mass is 16.4. The molecule has 0 saturated heterocycles. The van der Waals surface area contributed by atoms with E-state index in [1.807, 2.05) is 0 Å². The first-order valence-corrected chi connectivity index (χ1v) is 5.51. The van der Waals surface area contributed by atoms with Crippen LogP contribution in [0.25, 0.3) is 0 Å². The Kier molecular flexibility index (Phi) is 3.18. The first-order valence-electron chi connectivity index (χ1n) is 5.51. The van der Waals surface area contributed by atoms with Crippen LogP contribution in [0.2, 0.25) is 0 Å². The molecule has 6 nitrogen and oxygen atoms in total. The van der Waals surface area contributed by atoms with Gasteiger partial charge in [0.1, 0.15) is 11.5 Å². The summed E-state index contributed by atoms with van der Waals surface area (Å²) in [6.45, 7) is 0. The minimum Gasteiger partial charge on any atom is -0.481 e. The number of carbonyl (C=O) groups is 3. The number of rotatable bonds is 3. The van der Waals surface area contributed by atoms with Crippen LogP contribution < -0.4 is 0 Å². The molecule has 1 aromatic rings. The summed E-state index contributed by atoms with van der Waals surface area (Å²) >= 11 is 0. The fourth-order valence-electron chi connectivity index (χ4n) is 2.47. The summed E-state index contributed by atoms with van der Waals surface area (Å²) in [5.41, 5.74) is 0. The van der Waals surface area contributed by atoms with Gasteiger partial charge in [-0.1, -0.05) is 0 Å². The molecule has 1 aliphatic rings. The van der Waals surface area contributed by atoms with E-state index in [1.165, 1.54) is 6.26 Å². The Bertz CT molecular complexity index is 475. The van der Waals surface area contributed by atoms with Crippen molar-refractivity contribution >= 4 is 17.7 Å². The van der Waals surface area contributed by atoms with Crippen molar-refractivity contribution < 1.29 is 29.0 Å². The lowest BCUT2D eigenvalue weighted by Crippen LogP contribution is -2.40. The van der Waals surface area contributed by atoms with Crippen molar-refractivity contribution in [1.29, 1.82) is 0 Å². The molecule has 0 amide bonds.